The van der Waals surface area contributed by atoms with Gasteiger partial charge in [-0.1, -0.05) is 25.8 Å². The molecule has 1 saturated carbocycles. The minimum Gasteiger partial charge on any atom is -0.496 e. The summed E-state index contributed by atoms with van der Waals surface area (Å²) in [5.74, 6) is 0.604. The first-order valence-corrected chi connectivity index (χ1v) is 7.82. The number of aliphatic carboxylic acids is 1. The molecule has 1 aliphatic rings. The molecule has 3 nitrogen and oxygen atoms in total. The summed E-state index contributed by atoms with van der Waals surface area (Å²) in [6, 6.07) is 5.83. The highest BCUT2D eigenvalue weighted by Gasteiger charge is 2.41. The third-order valence-electron chi connectivity index (χ3n) is 4.30. The van der Waals surface area contributed by atoms with Gasteiger partial charge in [0.2, 0.25) is 0 Å². The van der Waals surface area contributed by atoms with Gasteiger partial charge >= 0.3 is 5.97 Å². The van der Waals surface area contributed by atoms with Crippen molar-refractivity contribution >= 4 is 21.9 Å². The van der Waals surface area contributed by atoms with E-state index in [1.807, 2.05) is 18.2 Å². The number of ether oxygens (including phenoxy) is 1. The van der Waals surface area contributed by atoms with E-state index in [0.717, 1.165) is 41.5 Å². The highest BCUT2D eigenvalue weighted by atomic mass is 79.9. The summed E-state index contributed by atoms with van der Waals surface area (Å²) in [7, 11) is 1.63. The molecule has 1 fully saturated rings. The third-order valence-corrected chi connectivity index (χ3v) is 4.92. The molecule has 4 heteroatoms. The number of halogens is 1. The SMILES string of the molecule is COc1ccc(CC2(C(=O)O)CCCC(C)C2)cc1Br. The molecule has 0 aliphatic heterocycles. The molecule has 0 bridgehead atoms. The van der Waals surface area contributed by atoms with Gasteiger partial charge in [0.1, 0.15) is 5.75 Å². The summed E-state index contributed by atoms with van der Waals surface area (Å²) in [5, 5.41) is 9.70. The Bertz CT molecular complexity index is 500. The van der Waals surface area contributed by atoms with Gasteiger partial charge in [0, 0.05) is 0 Å². The minimum absolute atomic E-state index is 0.488. The van der Waals surface area contributed by atoms with Gasteiger partial charge in [0.15, 0.2) is 0 Å². The predicted molar refractivity (Wildman–Crippen MR) is 82.1 cm³/mol. The van der Waals surface area contributed by atoms with E-state index in [1.165, 1.54) is 0 Å². The van der Waals surface area contributed by atoms with Crippen molar-refractivity contribution in [2.45, 2.75) is 39.0 Å². The van der Waals surface area contributed by atoms with E-state index in [2.05, 4.69) is 22.9 Å². The normalized spacial score (nSPS) is 26.2. The van der Waals surface area contributed by atoms with Gasteiger partial charge in [0.05, 0.1) is 17.0 Å². The topological polar surface area (TPSA) is 46.5 Å². The quantitative estimate of drug-likeness (QED) is 0.889. The van der Waals surface area contributed by atoms with Crippen molar-refractivity contribution < 1.29 is 14.6 Å². The lowest BCUT2D eigenvalue weighted by atomic mass is 9.67. The summed E-state index contributed by atoms with van der Waals surface area (Å²) in [6.07, 6.45) is 4.28. The molecule has 1 N–H and O–H groups in total. The Morgan fingerprint density at radius 3 is 2.85 bits per heavy atom. The zero-order valence-corrected chi connectivity index (χ0v) is 13.6. The molecule has 110 valence electrons. The van der Waals surface area contributed by atoms with Gasteiger partial charge in [-0.05, 0) is 58.8 Å². The number of carboxylic acid groups (broad SMARTS) is 1. The third kappa shape index (κ3) is 3.17. The molecule has 0 radical (unpaired) electrons. The monoisotopic (exact) mass is 340 g/mol. The van der Waals surface area contributed by atoms with Crippen LogP contribution in [0.25, 0.3) is 0 Å². The Hall–Kier alpha value is -1.03. The lowest BCUT2D eigenvalue weighted by Gasteiger charge is -2.36. The maximum absolute atomic E-state index is 11.8. The first-order chi connectivity index (χ1) is 9.47. The molecular weight excluding hydrogens is 320 g/mol. The van der Waals surface area contributed by atoms with Gasteiger partial charge in [-0.2, -0.15) is 0 Å². The molecule has 20 heavy (non-hydrogen) atoms. The zero-order chi connectivity index (χ0) is 14.8. The average Bonchev–Trinajstić information content (AvgIpc) is 2.38. The standard InChI is InChI=1S/C16H21BrO3/c1-11-4-3-7-16(9-11,15(18)19)10-12-5-6-14(20-2)13(17)8-12/h5-6,8,11H,3-4,7,9-10H2,1-2H3,(H,18,19). The number of methoxy groups -OCH3 is 1. The summed E-state index contributed by atoms with van der Waals surface area (Å²) < 4.78 is 6.09. The van der Waals surface area contributed by atoms with Crippen molar-refractivity contribution in [3.05, 3.63) is 28.2 Å². The lowest BCUT2D eigenvalue weighted by Crippen LogP contribution is -2.37. The van der Waals surface area contributed by atoms with E-state index in [1.54, 1.807) is 7.11 Å². The van der Waals surface area contributed by atoms with Gasteiger partial charge in [-0.3, -0.25) is 4.79 Å². The van der Waals surface area contributed by atoms with Gasteiger partial charge in [-0.25, -0.2) is 0 Å². The minimum atomic E-state index is -0.656. The van der Waals surface area contributed by atoms with Crippen LogP contribution in [0.5, 0.6) is 5.75 Å². The van der Waals surface area contributed by atoms with Crippen LogP contribution in [0.1, 0.15) is 38.2 Å². The molecule has 0 aromatic heterocycles. The number of carbonyl (C=O) groups is 1. The van der Waals surface area contributed by atoms with E-state index >= 15 is 0 Å². The van der Waals surface area contributed by atoms with Gasteiger partial charge < -0.3 is 9.84 Å². The van der Waals surface area contributed by atoms with Crippen LogP contribution in [0, 0.1) is 11.3 Å². The number of rotatable bonds is 4. The summed E-state index contributed by atoms with van der Waals surface area (Å²) in [5.41, 5.74) is 0.445. The molecule has 1 aromatic rings. The van der Waals surface area contributed by atoms with Crippen LogP contribution >= 0.6 is 15.9 Å². The fourth-order valence-electron chi connectivity index (χ4n) is 3.30. The van der Waals surface area contributed by atoms with Crippen LogP contribution in [0.4, 0.5) is 0 Å². The first-order valence-electron chi connectivity index (χ1n) is 7.03. The Labute approximate surface area is 128 Å². The maximum atomic E-state index is 11.8. The molecule has 2 atom stereocenters. The van der Waals surface area contributed by atoms with Crippen LogP contribution in [0.15, 0.2) is 22.7 Å². The largest absolute Gasteiger partial charge is 0.496 e. The fourth-order valence-corrected chi connectivity index (χ4v) is 3.89. The molecular formula is C16H21BrO3. The van der Waals surface area contributed by atoms with Crippen molar-refractivity contribution in [3.63, 3.8) is 0 Å². The molecule has 0 spiro atoms. The average molecular weight is 341 g/mol. The number of hydrogen-bond donors (Lipinski definition) is 1. The zero-order valence-electron chi connectivity index (χ0n) is 12.0. The highest BCUT2D eigenvalue weighted by Crippen LogP contribution is 2.42. The van der Waals surface area contributed by atoms with Gasteiger partial charge in [-0.15, -0.1) is 0 Å². The maximum Gasteiger partial charge on any atom is 0.309 e. The second-order valence-electron chi connectivity index (χ2n) is 5.93. The van der Waals surface area contributed by atoms with E-state index in [0.29, 0.717) is 12.3 Å². The second kappa shape index (κ2) is 6.17. The predicted octanol–water partition coefficient (Wildman–Crippen LogP) is 4.28. The van der Waals surface area contributed by atoms with Crippen LogP contribution < -0.4 is 4.74 Å². The smallest absolute Gasteiger partial charge is 0.309 e. The molecule has 1 aliphatic carbocycles. The number of carboxylic acids is 1. The molecule has 2 rings (SSSR count). The fraction of sp³-hybridized carbons (Fsp3) is 0.562. The van der Waals surface area contributed by atoms with Crippen LogP contribution in [0.3, 0.4) is 0 Å². The molecule has 0 amide bonds. The molecule has 1 aromatic carbocycles. The number of hydrogen-bond acceptors (Lipinski definition) is 2. The van der Waals surface area contributed by atoms with E-state index in [9.17, 15) is 9.90 Å². The molecule has 2 unspecified atom stereocenters. The van der Waals surface area contributed by atoms with Gasteiger partial charge in [0.25, 0.3) is 0 Å². The summed E-state index contributed by atoms with van der Waals surface area (Å²) in [4.78, 5) is 11.8. The van der Waals surface area contributed by atoms with Crippen molar-refractivity contribution in [2.24, 2.45) is 11.3 Å². The van der Waals surface area contributed by atoms with Crippen LogP contribution in [0.2, 0.25) is 0 Å². The van der Waals surface area contributed by atoms with Crippen molar-refractivity contribution in [2.75, 3.05) is 7.11 Å². The van der Waals surface area contributed by atoms with E-state index in [4.69, 9.17) is 4.74 Å². The van der Waals surface area contributed by atoms with Crippen molar-refractivity contribution in [1.29, 1.82) is 0 Å². The first kappa shape index (κ1) is 15.4. The lowest BCUT2D eigenvalue weighted by molar-refractivity contribution is -0.152. The molecule has 0 saturated heterocycles. The van der Waals surface area contributed by atoms with E-state index in [-0.39, 0.29) is 0 Å². The Balaban J connectivity index is 2.24. The van der Waals surface area contributed by atoms with Crippen LogP contribution in [-0.4, -0.2) is 18.2 Å². The summed E-state index contributed by atoms with van der Waals surface area (Å²) >= 11 is 3.47. The Morgan fingerprint density at radius 2 is 2.30 bits per heavy atom. The number of benzene rings is 1. The molecule has 0 heterocycles. The van der Waals surface area contributed by atoms with Crippen molar-refractivity contribution in [3.8, 4) is 5.75 Å². The highest BCUT2D eigenvalue weighted by molar-refractivity contribution is 9.10. The van der Waals surface area contributed by atoms with Crippen molar-refractivity contribution in [1.82, 2.24) is 0 Å². The Kier molecular flexibility index (Phi) is 4.74. The Morgan fingerprint density at radius 1 is 1.55 bits per heavy atom. The van der Waals surface area contributed by atoms with E-state index < -0.39 is 11.4 Å². The second-order valence-corrected chi connectivity index (χ2v) is 6.79. The summed E-state index contributed by atoms with van der Waals surface area (Å²) in [6.45, 7) is 2.15. The van der Waals surface area contributed by atoms with Crippen LogP contribution in [-0.2, 0) is 11.2 Å².